The molecule has 2 aromatic rings. The third-order valence-corrected chi connectivity index (χ3v) is 2.63. The molecular weight excluding hydrogens is 233 g/mol. The summed E-state index contributed by atoms with van der Waals surface area (Å²) < 4.78 is 13.5. The van der Waals surface area contributed by atoms with E-state index < -0.39 is 5.97 Å². The molecular formula is C14H12FNO2. The molecule has 0 saturated carbocycles. The number of benzene rings is 2. The van der Waals surface area contributed by atoms with Gasteiger partial charge in [0.25, 0.3) is 0 Å². The Balaban J connectivity index is 2.37. The van der Waals surface area contributed by atoms with Crippen molar-refractivity contribution in [2.75, 3.05) is 5.32 Å². The van der Waals surface area contributed by atoms with Crippen LogP contribution in [0.2, 0.25) is 0 Å². The third kappa shape index (κ3) is 2.48. The van der Waals surface area contributed by atoms with Crippen LogP contribution in [0, 0.1) is 12.7 Å². The van der Waals surface area contributed by atoms with Gasteiger partial charge in [-0.25, -0.2) is 9.18 Å². The van der Waals surface area contributed by atoms with Gasteiger partial charge in [-0.2, -0.15) is 0 Å². The van der Waals surface area contributed by atoms with Crippen molar-refractivity contribution in [3.8, 4) is 0 Å². The number of carboxylic acids is 1. The van der Waals surface area contributed by atoms with Crippen LogP contribution in [-0.2, 0) is 0 Å². The molecule has 0 fully saturated rings. The van der Waals surface area contributed by atoms with Crippen LogP contribution in [0.4, 0.5) is 15.8 Å². The number of para-hydroxylation sites is 1. The first-order valence-electron chi connectivity index (χ1n) is 5.43. The lowest BCUT2D eigenvalue weighted by atomic mass is 10.1. The van der Waals surface area contributed by atoms with E-state index in [9.17, 15) is 9.18 Å². The molecule has 0 saturated heterocycles. The lowest BCUT2D eigenvalue weighted by Gasteiger charge is -2.11. The Bertz CT molecular complexity index is 596. The zero-order valence-corrected chi connectivity index (χ0v) is 9.77. The van der Waals surface area contributed by atoms with E-state index in [1.165, 1.54) is 18.2 Å². The molecule has 2 rings (SSSR count). The molecule has 0 amide bonds. The molecule has 4 heteroatoms. The van der Waals surface area contributed by atoms with E-state index in [4.69, 9.17) is 5.11 Å². The number of hydrogen-bond donors (Lipinski definition) is 2. The first kappa shape index (κ1) is 12.1. The Labute approximate surface area is 104 Å². The van der Waals surface area contributed by atoms with Crippen LogP contribution in [0.1, 0.15) is 15.9 Å². The lowest BCUT2D eigenvalue weighted by Crippen LogP contribution is -2.00. The fraction of sp³-hybridized carbons (Fsp3) is 0.0714. The summed E-state index contributed by atoms with van der Waals surface area (Å²) in [6.07, 6.45) is 0. The molecule has 0 aromatic heterocycles. The zero-order chi connectivity index (χ0) is 13.1. The van der Waals surface area contributed by atoms with Crippen LogP contribution in [0.5, 0.6) is 0 Å². The Hall–Kier alpha value is -2.36. The van der Waals surface area contributed by atoms with E-state index in [2.05, 4.69) is 5.32 Å². The number of carboxylic acid groups (broad SMARTS) is 1. The van der Waals surface area contributed by atoms with Crippen LogP contribution in [0.3, 0.4) is 0 Å². The molecule has 0 atom stereocenters. The maximum Gasteiger partial charge on any atom is 0.335 e. The number of halogens is 1. The van der Waals surface area contributed by atoms with E-state index in [1.807, 2.05) is 6.92 Å². The van der Waals surface area contributed by atoms with Gasteiger partial charge in [0.15, 0.2) is 0 Å². The minimum absolute atomic E-state index is 0.166. The molecule has 2 N–H and O–H groups in total. The molecule has 0 aliphatic heterocycles. The number of anilines is 2. The fourth-order valence-electron chi connectivity index (χ4n) is 1.60. The lowest BCUT2D eigenvalue weighted by molar-refractivity contribution is 0.0697. The molecule has 0 bridgehead atoms. The minimum atomic E-state index is -1.01. The smallest absolute Gasteiger partial charge is 0.335 e. The summed E-state index contributed by atoms with van der Waals surface area (Å²) in [4.78, 5) is 10.9. The van der Waals surface area contributed by atoms with Gasteiger partial charge in [0.2, 0.25) is 0 Å². The van der Waals surface area contributed by atoms with Crippen molar-refractivity contribution in [1.29, 1.82) is 0 Å². The van der Waals surface area contributed by atoms with E-state index in [1.54, 1.807) is 24.3 Å². The highest BCUT2D eigenvalue weighted by Gasteiger charge is 2.07. The van der Waals surface area contributed by atoms with E-state index >= 15 is 0 Å². The number of carbonyl (C=O) groups is 1. The van der Waals surface area contributed by atoms with Gasteiger partial charge in [0.05, 0.1) is 11.3 Å². The van der Waals surface area contributed by atoms with Gasteiger partial charge in [-0.15, -0.1) is 0 Å². The van der Waals surface area contributed by atoms with E-state index in [0.717, 1.165) is 5.56 Å². The van der Waals surface area contributed by atoms with Gasteiger partial charge in [-0.3, -0.25) is 0 Å². The summed E-state index contributed by atoms with van der Waals surface area (Å²) in [5.74, 6) is -1.38. The second-order valence-electron chi connectivity index (χ2n) is 3.94. The average molecular weight is 245 g/mol. The predicted octanol–water partition coefficient (Wildman–Crippen LogP) is 3.58. The van der Waals surface area contributed by atoms with Crippen molar-refractivity contribution in [2.24, 2.45) is 0 Å². The van der Waals surface area contributed by atoms with Gasteiger partial charge >= 0.3 is 5.97 Å². The van der Waals surface area contributed by atoms with Crippen molar-refractivity contribution in [2.45, 2.75) is 6.92 Å². The van der Waals surface area contributed by atoms with Gasteiger partial charge in [-0.1, -0.05) is 18.2 Å². The maximum atomic E-state index is 13.5. The van der Waals surface area contributed by atoms with Crippen molar-refractivity contribution in [3.05, 3.63) is 59.4 Å². The molecule has 2 aromatic carbocycles. The van der Waals surface area contributed by atoms with Gasteiger partial charge in [-0.05, 0) is 36.8 Å². The summed E-state index contributed by atoms with van der Waals surface area (Å²) in [5, 5.41) is 11.8. The Morgan fingerprint density at radius 3 is 2.56 bits per heavy atom. The topological polar surface area (TPSA) is 49.3 Å². The normalized spacial score (nSPS) is 10.1. The Kier molecular flexibility index (Phi) is 3.28. The largest absolute Gasteiger partial charge is 0.478 e. The summed E-state index contributed by atoms with van der Waals surface area (Å²) in [6, 6.07) is 10.9. The van der Waals surface area contributed by atoms with Crippen molar-refractivity contribution < 1.29 is 14.3 Å². The first-order valence-corrected chi connectivity index (χ1v) is 5.43. The summed E-state index contributed by atoms with van der Waals surface area (Å²) in [6.45, 7) is 1.83. The van der Waals surface area contributed by atoms with E-state index in [-0.39, 0.29) is 11.4 Å². The van der Waals surface area contributed by atoms with Crippen molar-refractivity contribution in [3.63, 3.8) is 0 Å². The molecule has 0 spiro atoms. The zero-order valence-electron chi connectivity index (χ0n) is 9.77. The molecule has 0 heterocycles. The SMILES string of the molecule is Cc1ccc(C(=O)O)cc1Nc1ccccc1F. The molecule has 0 aliphatic rings. The summed E-state index contributed by atoms with van der Waals surface area (Å²) >= 11 is 0. The summed E-state index contributed by atoms with van der Waals surface area (Å²) in [5.41, 5.74) is 1.92. The number of hydrogen-bond acceptors (Lipinski definition) is 2. The van der Waals surface area contributed by atoms with Crippen LogP contribution in [-0.4, -0.2) is 11.1 Å². The second-order valence-corrected chi connectivity index (χ2v) is 3.94. The van der Waals surface area contributed by atoms with Gasteiger partial charge in [0, 0.05) is 5.69 Å². The summed E-state index contributed by atoms with van der Waals surface area (Å²) in [7, 11) is 0. The van der Waals surface area contributed by atoms with Crippen LogP contribution < -0.4 is 5.32 Å². The van der Waals surface area contributed by atoms with Crippen LogP contribution in [0.25, 0.3) is 0 Å². The first-order chi connectivity index (χ1) is 8.58. The third-order valence-electron chi connectivity index (χ3n) is 2.63. The number of aromatic carboxylic acids is 1. The highest BCUT2D eigenvalue weighted by Crippen LogP contribution is 2.23. The standard InChI is InChI=1S/C14H12FNO2/c1-9-6-7-10(14(17)18)8-13(9)16-12-5-3-2-4-11(12)15/h2-8,16H,1H3,(H,17,18). The van der Waals surface area contributed by atoms with E-state index in [0.29, 0.717) is 11.4 Å². The molecule has 92 valence electrons. The van der Waals surface area contributed by atoms with Crippen molar-refractivity contribution in [1.82, 2.24) is 0 Å². The number of rotatable bonds is 3. The number of nitrogens with one attached hydrogen (secondary N) is 1. The average Bonchev–Trinajstić information content (AvgIpc) is 2.34. The molecule has 0 aliphatic carbocycles. The molecule has 18 heavy (non-hydrogen) atoms. The second kappa shape index (κ2) is 4.87. The monoisotopic (exact) mass is 245 g/mol. The highest BCUT2D eigenvalue weighted by atomic mass is 19.1. The maximum absolute atomic E-state index is 13.5. The fourth-order valence-corrected chi connectivity index (χ4v) is 1.60. The predicted molar refractivity (Wildman–Crippen MR) is 67.8 cm³/mol. The van der Waals surface area contributed by atoms with Gasteiger partial charge < -0.3 is 10.4 Å². The Morgan fingerprint density at radius 2 is 1.89 bits per heavy atom. The van der Waals surface area contributed by atoms with Crippen LogP contribution in [0.15, 0.2) is 42.5 Å². The van der Waals surface area contributed by atoms with Crippen molar-refractivity contribution >= 4 is 17.3 Å². The minimum Gasteiger partial charge on any atom is -0.478 e. The molecule has 0 unspecified atom stereocenters. The van der Waals surface area contributed by atoms with Gasteiger partial charge in [0.1, 0.15) is 5.82 Å². The number of aryl methyl sites for hydroxylation is 1. The molecule has 0 radical (unpaired) electrons. The van der Waals surface area contributed by atoms with Crippen LogP contribution >= 0.6 is 0 Å². The molecule has 3 nitrogen and oxygen atoms in total. The Morgan fingerprint density at radius 1 is 1.17 bits per heavy atom. The quantitative estimate of drug-likeness (QED) is 0.869. The highest BCUT2D eigenvalue weighted by molar-refractivity contribution is 5.89.